The molecule has 0 aliphatic carbocycles. The van der Waals surface area contributed by atoms with E-state index < -0.39 is 0 Å². The second-order valence-electron chi connectivity index (χ2n) is 3.97. The van der Waals surface area contributed by atoms with Crippen molar-refractivity contribution in [2.24, 2.45) is 0 Å². The van der Waals surface area contributed by atoms with E-state index in [4.69, 9.17) is 4.98 Å². The highest BCUT2D eigenvalue weighted by Gasteiger charge is 2.11. The Morgan fingerprint density at radius 2 is 2.12 bits per heavy atom. The maximum absolute atomic E-state index is 4.70. The molecule has 0 saturated carbocycles. The predicted octanol–water partition coefficient (Wildman–Crippen LogP) is 4.72. The van der Waals surface area contributed by atoms with Crippen LogP contribution in [-0.4, -0.2) is 4.98 Å². The van der Waals surface area contributed by atoms with Crippen molar-refractivity contribution in [1.29, 1.82) is 0 Å². The van der Waals surface area contributed by atoms with Crippen LogP contribution in [0, 0.1) is 6.92 Å². The second-order valence-corrected chi connectivity index (χ2v) is 5.18. The monoisotopic (exact) mass is 233 g/mol. The summed E-state index contributed by atoms with van der Waals surface area (Å²) < 4.78 is 0. The van der Waals surface area contributed by atoms with Crippen molar-refractivity contribution in [3.63, 3.8) is 0 Å². The molecule has 0 saturated heterocycles. The Labute approximate surface area is 102 Å². The fourth-order valence-corrected chi connectivity index (χ4v) is 2.65. The van der Waals surface area contributed by atoms with Crippen molar-refractivity contribution in [2.75, 3.05) is 0 Å². The number of aryl methyl sites for hydroxylation is 1. The zero-order chi connectivity index (χ0) is 12.1. The molecular weight excluding hydrogens is 214 g/mol. The number of hydrogen-bond acceptors (Lipinski definition) is 2. The van der Waals surface area contributed by atoms with E-state index in [0.29, 0.717) is 5.92 Å². The molecule has 2 heteroatoms. The first-order valence-corrected chi connectivity index (χ1v) is 6.34. The third-order valence-corrected chi connectivity index (χ3v) is 3.31. The first-order chi connectivity index (χ1) is 7.60. The van der Waals surface area contributed by atoms with E-state index in [1.807, 2.05) is 19.1 Å². The van der Waals surface area contributed by atoms with Gasteiger partial charge < -0.3 is 0 Å². The van der Waals surface area contributed by atoms with Crippen LogP contribution in [0.3, 0.4) is 0 Å². The lowest BCUT2D eigenvalue weighted by atomic mass is 10.1. The summed E-state index contributed by atoms with van der Waals surface area (Å²) in [5.41, 5.74) is 2.34. The molecule has 1 aromatic rings. The van der Waals surface area contributed by atoms with E-state index in [9.17, 15) is 0 Å². The van der Waals surface area contributed by atoms with Gasteiger partial charge in [0.2, 0.25) is 0 Å². The quantitative estimate of drug-likeness (QED) is 0.686. The average molecular weight is 233 g/mol. The summed E-state index contributed by atoms with van der Waals surface area (Å²) in [7, 11) is 0. The highest BCUT2D eigenvalue weighted by molar-refractivity contribution is 7.12. The molecule has 0 aliphatic rings. The first kappa shape index (κ1) is 12.9. The highest BCUT2D eigenvalue weighted by Crippen LogP contribution is 2.29. The fraction of sp³-hybridized carbons (Fsp3) is 0.357. The fourth-order valence-electron chi connectivity index (χ4n) is 1.57. The molecule has 0 radical (unpaired) electrons. The second kappa shape index (κ2) is 5.80. The first-order valence-electron chi connectivity index (χ1n) is 5.53. The zero-order valence-corrected chi connectivity index (χ0v) is 11.3. The highest BCUT2D eigenvalue weighted by atomic mass is 32.1. The Bertz CT molecular complexity index is 422. The molecule has 86 valence electrons. The molecule has 1 aromatic heterocycles. The van der Waals surface area contributed by atoms with E-state index in [-0.39, 0.29) is 0 Å². The largest absolute Gasteiger partial charge is 0.241 e. The third-order valence-electron chi connectivity index (χ3n) is 2.27. The molecule has 1 nitrogen and oxygen atoms in total. The van der Waals surface area contributed by atoms with Gasteiger partial charge in [0.1, 0.15) is 5.01 Å². The van der Waals surface area contributed by atoms with Gasteiger partial charge in [0.15, 0.2) is 0 Å². The molecule has 0 bridgehead atoms. The van der Waals surface area contributed by atoms with Gasteiger partial charge in [-0.1, -0.05) is 44.7 Å². The van der Waals surface area contributed by atoms with Gasteiger partial charge in [-0.05, 0) is 19.8 Å². The van der Waals surface area contributed by atoms with Gasteiger partial charge in [-0.25, -0.2) is 4.98 Å². The van der Waals surface area contributed by atoms with Crippen LogP contribution in [0.25, 0.3) is 5.57 Å². The summed E-state index contributed by atoms with van der Waals surface area (Å²) >= 11 is 1.75. The van der Waals surface area contributed by atoms with Crippen LogP contribution in [0.2, 0.25) is 0 Å². The standard InChI is InChI=1S/C14H19NS/c1-6-8-12(9-7-2)14-15-13(10(3)4)11(5)16-14/h6-10H,1H2,2-5H3/b9-7-,12-8+. The van der Waals surface area contributed by atoms with E-state index >= 15 is 0 Å². The summed E-state index contributed by atoms with van der Waals surface area (Å²) in [4.78, 5) is 6.01. The van der Waals surface area contributed by atoms with Crippen LogP contribution < -0.4 is 0 Å². The van der Waals surface area contributed by atoms with Gasteiger partial charge in [0.25, 0.3) is 0 Å². The third kappa shape index (κ3) is 2.92. The molecule has 0 aliphatic heterocycles. The van der Waals surface area contributed by atoms with Crippen LogP contribution in [0.1, 0.15) is 42.3 Å². The smallest absolute Gasteiger partial charge is 0.123 e. The van der Waals surface area contributed by atoms with Crippen LogP contribution in [0.15, 0.2) is 30.9 Å². The Hall–Kier alpha value is -1.15. The number of aromatic nitrogens is 1. The van der Waals surface area contributed by atoms with Crippen LogP contribution in [0.4, 0.5) is 0 Å². The minimum absolute atomic E-state index is 0.487. The van der Waals surface area contributed by atoms with Crippen molar-refractivity contribution in [2.45, 2.75) is 33.6 Å². The van der Waals surface area contributed by atoms with E-state index in [1.165, 1.54) is 10.6 Å². The van der Waals surface area contributed by atoms with E-state index in [2.05, 4.69) is 33.4 Å². The minimum atomic E-state index is 0.487. The molecular formula is C14H19NS. The SMILES string of the molecule is C=C/C=C(\C=C/C)c1nc(C(C)C)c(C)s1. The van der Waals surface area contributed by atoms with Crippen LogP contribution >= 0.6 is 11.3 Å². The Morgan fingerprint density at radius 3 is 2.56 bits per heavy atom. The van der Waals surface area contributed by atoms with Crippen molar-refractivity contribution < 1.29 is 0 Å². The molecule has 0 amide bonds. The molecule has 16 heavy (non-hydrogen) atoms. The molecule has 1 rings (SSSR count). The summed E-state index contributed by atoms with van der Waals surface area (Å²) in [5.74, 6) is 0.487. The lowest BCUT2D eigenvalue weighted by molar-refractivity contribution is 0.823. The summed E-state index contributed by atoms with van der Waals surface area (Å²) in [5, 5.41) is 1.08. The number of rotatable bonds is 4. The maximum Gasteiger partial charge on any atom is 0.123 e. The molecule has 0 spiro atoms. The Morgan fingerprint density at radius 1 is 1.44 bits per heavy atom. The number of hydrogen-bond donors (Lipinski definition) is 0. The van der Waals surface area contributed by atoms with Crippen molar-refractivity contribution in [1.82, 2.24) is 4.98 Å². The van der Waals surface area contributed by atoms with E-state index in [0.717, 1.165) is 10.6 Å². The van der Waals surface area contributed by atoms with Crippen molar-refractivity contribution in [3.8, 4) is 0 Å². The maximum atomic E-state index is 4.70. The molecule has 0 aromatic carbocycles. The van der Waals surface area contributed by atoms with Gasteiger partial charge in [0.05, 0.1) is 5.69 Å². The summed E-state index contributed by atoms with van der Waals surface area (Å²) in [6.45, 7) is 12.2. The van der Waals surface area contributed by atoms with Crippen molar-refractivity contribution in [3.05, 3.63) is 46.5 Å². The molecule has 0 atom stereocenters. The van der Waals surface area contributed by atoms with Gasteiger partial charge in [-0.15, -0.1) is 11.3 Å². The van der Waals surface area contributed by atoms with Gasteiger partial charge in [-0.3, -0.25) is 0 Å². The van der Waals surface area contributed by atoms with Crippen molar-refractivity contribution >= 4 is 16.9 Å². The number of thiazole rings is 1. The molecule has 0 unspecified atom stereocenters. The number of nitrogens with zero attached hydrogens (tertiary/aromatic N) is 1. The Kier molecular flexibility index (Phi) is 4.69. The normalized spacial score (nSPS) is 12.7. The lowest BCUT2D eigenvalue weighted by Crippen LogP contribution is -1.90. The number of allylic oxidation sites excluding steroid dienone is 5. The van der Waals surface area contributed by atoms with Crippen LogP contribution in [0.5, 0.6) is 0 Å². The molecule has 0 fully saturated rings. The lowest BCUT2D eigenvalue weighted by Gasteiger charge is -2.00. The van der Waals surface area contributed by atoms with Gasteiger partial charge >= 0.3 is 0 Å². The average Bonchev–Trinajstić information content (AvgIpc) is 2.60. The van der Waals surface area contributed by atoms with Gasteiger partial charge in [0, 0.05) is 10.5 Å². The van der Waals surface area contributed by atoms with Gasteiger partial charge in [-0.2, -0.15) is 0 Å². The summed E-state index contributed by atoms with van der Waals surface area (Å²) in [6, 6.07) is 0. The van der Waals surface area contributed by atoms with Crippen LogP contribution in [-0.2, 0) is 0 Å². The Balaban J connectivity index is 3.17. The summed E-state index contributed by atoms with van der Waals surface area (Å²) in [6.07, 6.45) is 7.91. The minimum Gasteiger partial charge on any atom is -0.241 e. The molecule has 0 N–H and O–H groups in total. The predicted molar refractivity (Wildman–Crippen MR) is 73.9 cm³/mol. The topological polar surface area (TPSA) is 12.9 Å². The van der Waals surface area contributed by atoms with E-state index in [1.54, 1.807) is 17.4 Å². The zero-order valence-electron chi connectivity index (χ0n) is 10.4. The molecule has 1 heterocycles.